The van der Waals surface area contributed by atoms with Gasteiger partial charge < -0.3 is 5.11 Å². The van der Waals surface area contributed by atoms with E-state index in [2.05, 4.69) is 15.8 Å². The number of carboxylic acids is 1. The molecule has 0 saturated heterocycles. The van der Waals surface area contributed by atoms with Gasteiger partial charge in [0.1, 0.15) is 0 Å². The van der Waals surface area contributed by atoms with Gasteiger partial charge in [-0.1, -0.05) is 36.4 Å². The maximum absolute atomic E-state index is 12.0. The molecule has 1 aliphatic heterocycles. The van der Waals surface area contributed by atoms with Crippen molar-refractivity contribution in [3.05, 3.63) is 64.8 Å². The van der Waals surface area contributed by atoms with Crippen molar-refractivity contribution in [2.24, 2.45) is 4.99 Å². The second-order valence-corrected chi connectivity index (χ2v) is 8.47. The van der Waals surface area contributed by atoms with Gasteiger partial charge in [-0.25, -0.2) is 13.1 Å². The van der Waals surface area contributed by atoms with Gasteiger partial charge in [-0.2, -0.15) is 0 Å². The molecule has 0 saturated carbocycles. The molecule has 2 aliphatic rings. The molecule has 0 aromatic heterocycles. The highest BCUT2D eigenvalue weighted by Gasteiger charge is 2.23. The average molecular weight is 386 g/mol. The van der Waals surface area contributed by atoms with Gasteiger partial charge in [-0.3, -0.25) is 9.79 Å². The first-order valence-electron chi connectivity index (χ1n) is 8.75. The van der Waals surface area contributed by atoms with E-state index in [9.17, 15) is 13.2 Å². The van der Waals surface area contributed by atoms with Crippen LogP contribution in [0.4, 0.5) is 0 Å². The number of carboxylic acid groups (broad SMARTS) is 1. The van der Waals surface area contributed by atoms with Gasteiger partial charge in [-0.15, -0.1) is 0 Å². The SMILES string of the molecule is CNS(=O)(=O)Cc1ccccc1C1=C/C2=C(CC(=O)O)C=NC2CC/C=C\1. The van der Waals surface area contributed by atoms with Crippen LogP contribution < -0.4 is 4.72 Å². The van der Waals surface area contributed by atoms with E-state index < -0.39 is 16.0 Å². The van der Waals surface area contributed by atoms with Crippen molar-refractivity contribution < 1.29 is 18.3 Å². The van der Waals surface area contributed by atoms with Crippen LogP contribution in [0.3, 0.4) is 0 Å². The Hall–Kier alpha value is -2.51. The van der Waals surface area contributed by atoms with Crippen LogP contribution >= 0.6 is 0 Å². The van der Waals surface area contributed by atoms with Crippen LogP contribution in [0.15, 0.2) is 58.6 Å². The highest BCUT2D eigenvalue weighted by atomic mass is 32.2. The summed E-state index contributed by atoms with van der Waals surface area (Å²) in [6.45, 7) is 0. The number of hydrogen-bond acceptors (Lipinski definition) is 4. The molecule has 1 atom stereocenters. The van der Waals surface area contributed by atoms with Crippen molar-refractivity contribution in [1.29, 1.82) is 0 Å². The minimum absolute atomic E-state index is 0.0486. The molecule has 1 unspecified atom stereocenters. The molecule has 142 valence electrons. The van der Waals surface area contributed by atoms with E-state index in [0.29, 0.717) is 11.1 Å². The number of rotatable bonds is 6. The fraction of sp³-hybridized carbons (Fsp3) is 0.300. The minimum Gasteiger partial charge on any atom is -0.481 e. The van der Waals surface area contributed by atoms with Crippen molar-refractivity contribution in [2.45, 2.75) is 31.1 Å². The van der Waals surface area contributed by atoms with Crippen LogP contribution in [-0.2, 0) is 20.6 Å². The molecule has 0 fully saturated rings. The van der Waals surface area contributed by atoms with E-state index in [4.69, 9.17) is 5.11 Å². The van der Waals surface area contributed by atoms with Gasteiger partial charge >= 0.3 is 5.97 Å². The van der Waals surface area contributed by atoms with Gasteiger partial charge in [0.25, 0.3) is 0 Å². The number of fused-ring (bicyclic) bond motifs is 1. The second kappa shape index (κ2) is 8.02. The quantitative estimate of drug-likeness (QED) is 0.786. The first-order chi connectivity index (χ1) is 12.9. The molecule has 3 rings (SSSR count). The number of hydrogen-bond donors (Lipinski definition) is 2. The summed E-state index contributed by atoms with van der Waals surface area (Å²) in [5.74, 6) is -1.01. The number of benzene rings is 1. The van der Waals surface area contributed by atoms with Crippen molar-refractivity contribution in [3.63, 3.8) is 0 Å². The predicted molar refractivity (Wildman–Crippen MR) is 106 cm³/mol. The van der Waals surface area contributed by atoms with E-state index in [1.807, 2.05) is 30.4 Å². The Balaban J connectivity index is 2.08. The van der Waals surface area contributed by atoms with Gasteiger partial charge in [0, 0.05) is 6.21 Å². The zero-order chi connectivity index (χ0) is 19.4. The summed E-state index contributed by atoms with van der Waals surface area (Å²) in [6, 6.07) is 7.32. The molecule has 1 heterocycles. The first kappa shape index (κ1) is 19.3. The van der Waals surface area contributed by atoms with E-state index in [1.54, 1.807) is 12.3 Å². The number of sulfonamides is 1. The summed E-state index contributed by atoms with van der Waals surface area (Å²) in [4.78, 5) is 15.6. The van der Waals surface area contributed by atoms with Gasteiger partial charge in [-0.05, 0) is 53.8 Å². The van der Waals surface area contributed by atoms with Crippen molar-refractivity contribution in [2.75, 3.05) is 7.05 Å². The highest BCUT2D eigenvalue weighted by Crippen LogP contribution is 2.32. The maximum atomic E-state index is 12.0. The third-order valence-corrected chi connectivity index (χ3v) is 5.99. The molecule has 0 radical (unpaired) electrons. The lowest BCUT2D eigenvalue weighted by Gasteiger charge is -2.17. The van der Waals surface area contributed by atoms with E-state index in [-0.39, 0.29) is 18.2 Å². The number of aliphatic imine (C=N–C) groups is 1. The van der Waals surface area contributed by atoms with Gasteiger partial charge in [0.2, 0.25) is 10.0 Å². The zero-order valence-electron chi connectivity index (χ0n) is 15.1. The summed E-state index contributed by atoms with van der Waals surface area (Å²) < 4.78 is 26.4. The summed E-state index contributed by atoms with van der Waals surface area (Å²) >= 11 is 0. The molecule has 0 amide bonds. The number of allylic oxidation sites excluding steroid dienone is 3. The van der Waals surface area contributed by atoms with E-state index in [1.165, 1.54) is 7.05 Å². The first-order valence-corrected chi connectivity index (χ1v) is 10.4. The normalized spacial score (nSPS) is 22.6. The van der Waals surface area contributed by atoms with Crippen LogP contribution in [0.2, 0.25) is 0 Å². The molecule has 27 heavy (non-hydrogen) atoms. The molecule has 7 heteroatoms. The summed E-state index contributed by atoms with van der Waals surface area (Å²) in [7, 11) is -2.01. The smallest absolute Gasteiger partial charge is 0.307 e. The monoisotopic (exact) mass is 386 g/mol. The lowest BCUT2D eigenvalue weighted by molar-refractivity contribution is -0.136. The molecule has 1 aromatic rings. The average Bonchev–Trinajstić information content (AvgIpc) is 2.95. The summed E-state index contributed by atoms with van der Waals surface area (Å²) in [5, 5.41) is 9.17. The lowest BCUT2D eigenvalue weighted by atomic mass is 9.90. The molecule has 2 N–H and O–H groups in total. The Morgan fingerprint density at radius 3 is 2.85 bits per heavy atom. The predicted octanol–water partition coefficient (Wildman–Crippen LogP) is 2.69. The van der Waals surface area contributed by atoms with Crippen LogP contribution in [0.1, 0.15) is 30.4 Å². The Morgan fingerprint density at radius 2 is 2.11 bits per heavy atom. The number of nitrogens with one attached hydrogen (secondary N) is 1. The van der Waals surface area contributed by atoms with Gasteiger partial charge in [0.05, 0.1) is 18.2 Å². The molecular formula is C20H22N2O4S. The zero-order valence-corrected chi connectivity index (χ0v) is 15.9. The van der Waals surface area contributed by atoms with Crippen LogP contribution in [-0.4, -0.2) is 38.8 Å². The van der Waals surface area contributed by atoms with Crippen molar-refractivity contribution in [3.8, 4) is 0 Å². The van der Waals surface area contributed by atoms with Crippen LogP contribution in [0.5, 0.6) is 0 Å². The molecule has 6 nitrogen and oxygen atoms in total. The number of aliphatic carboxylic acids is 1. The number of carbonyl (C=O) groups is 1. The fourth-order valence-electron chi connectivity index (χ4n) is 3.33. The molecular weight excluding hydrogens is 364 g/mol. The molecule has 0 bridgehead atoms. The van der Waals surface area contributed by atoms with Crippen molar-refractivity contribution in [1.82, 2.24) is 4.72 Å². The Kier molecular flexibility index (Phi) is 5.72. The van der Waals surface area contributed by atoms with E-state index >= 15 is 0 Å². The second-order valence-electron chi connectivity index (χ2n) is 6.54. The molecule has 0 spiro atoms. The fourth-order valence-corrected chi connectivity index (χ4v) is 4.14. The van der Waals surface area contributed by atoms with Crippen LogP contribution in [0, 0.1) is 0 Å². The molecule has 1 aliphatic carbocycles. The van der Waals surface area contributed by atoms with E-state index in [0.717, 1.165) is 29.6 Å². The highest BCUT2D eigenvalue weighted by molar-refractivity contribution is 7.88. The minimum atomic E-state index is -3.41. The summed E-state index contributed by atoms with van der Waals surface area (Å²) in [5.41, 5.74) is 4.00. The Morgan fingerprint density at radius 1 is 1.33 bits per heavy atom. The lowest BCUT2D eigenvalue weighted by Crippen LogP contribution is -2.21. The maximum Gasteiger partial charge on any atom is 0.307 e. The number of nitrogens with zero attached hydrogens (tertiary/aromatic N) is 1. The third-order valence-electron chi connectivity index (χ3n) is 4.68. The Labute approximate surface area is 159 Å². The van der Waals surface area contributed by atoms with Crippen LogP contribution in [0.25, 0.3) is 5.57 Å². The standard InChI is InChI=1S/C20H22N2O4S/c1-21-27(25,26)13-15-7-2-4-8-17(15)14-6-3-5-9-19-18(10-14)16(12-22-19)11-20(23)24/h2-4,6-8,10,12,19,21H,5,9,11,13H2,1H3,(H,23,24)/b6-3-,14-10+. The largest absolute Gasteiger partial charge is 0.481 e. The topological polar surface area (TPSA) is 95.8 Å². The van der Waals surface area contributed by atoms with Gasteiger partial charge in [0.15, 0.2) is 0 Å². The Bertz CT molecular complexity index is 971. The molecule has 1 aromatic carbocycles. The summed E-state index contributed by atoms with van der Waals surface area (Å²) in [6.07, 6.45) is 9.21. The van der Waals surface area contributed by atoms with Crippen molar-refractivity contribution >= 4 is 27.8 Å². The third kappa shape index (κ3) is 4.61.